The molecule has 2 aliphatic heterocycles. The second-order valence-electron chi connectivity index (χ2n) is 6.15. The molecule has 25 heavy (non-hydrogen) atoms. The Morgan fingerprint density at radius 1 is 1.00 bits per heavy atom. The molecule has 3 aromatic rings. The molecule has 0 fully saturated rings. The van der Waals surface area contributed by atoms with Crippen LogP contribution in [0.2, 0.25) is 0 Å². The van der Waals surface area contributed by atoms with Crippen LogP contribution in [0.4, 0.5) is 4.39 Å². The molecular formula is C20H15FN2OS. The van der Waals surface area contributed by atoms with Crippen LogP contribution in [0, 0.1) is 5.82 Å². The summed E-state index contributed by atoms with van der Waals surface area (Å²) in [6, 6.07) is 18.9. The van der Waals surface area contributed by atoms with Gasteiger partial charge in [0.2, 0.25) is 6.23 Å². The van der Waals surface area contributed by atoms with E-state index >= 15 is 0 Å². The van der Waals surface area contributed by atoms with Crippen molar-refractivity contribution in [3.8, 4) is 5.75 Å². The van der Waals surface area contributed by atoms with E-state index < -0.39 is 6.23 Å². The summed E-state index contributed by atoms with van der Waals surface area (Å²) in [6.07, 6.45) is 0.241. The molecule has 3 nitrogen and oxygen atoms in total. The van der Waals surface area contributed by atoms with Crippen molar-refractivity contribution >= 4 is 17.0 Å². The number of hydrazone groups is 1. The highest BCUT2D eigenvalue weighted by Crippen LogP contribution is 2.47. The van der Waals surface area contributed by atoms with Gasteiger partial charge in [0.1, 0.15) is 11.6 Å². The maximum absolute atomic E-state index is 14.4. The Labute approximate surface area is 149 Å². The van der Waals surface area contributed by atoms with Gasteiger partial charge in [-0.2, -0.15) is 5.10 Å². The number of nitrogens with zero attached hydrogens (tertiary/aromatic N) is 2. The molecule has 0 spiro atoms. The lowest BCUT2D eigenvalue weighted by molar-refractivity contribution is -0.0212. The topological polar surface area (TPSA) is 24.8 Å². The molecule has 124 valence electrons. The number of thiophene rings is 1. The molecule has 0 N–H and O–H groups in total. The number of hydrogen-bond donors (Lipinski definition) is 0. The third-order valence-electron chi connectivity index (χ3n) is 4.68. The Morgan fingerprint density at radius 2 is 1.80 bits per heavy atom. The van der Waals surface area contributed by atoms with Gasteiger partial charge in [-0.25, -0.2) is 9.40 Å². The summed E-state index contributed by atoms with van der Waals surface area (Å²) in [5, 5.41) is 8.78. The van der Waals surface area contributed by atoms with Crippen LogP contribution >= 0.6 is 11.3 Å². The third kappa shape index (κ3) is 2.35. The number of para-hydroxylation sites is 1. The van der Waals surface area contributed by atoms with E-state index in [-0.39, 0.29) is 11.9 Å². The second-order valence-corrected chi connectivity index (χ2v) is 7.10. The summed E-state index contributed by atoms with van der Waals surface area (Å²) < 4.78 is 20.6. The molecule has 0 unspecified atom stereocenters. The third-order valence-corrected chi connectivity index (χ3v) is 5.59. The first-order chi connectivity index (χ1) is 12.3. The van der Waals surface area contributed by atoms with Gasteiger partial charge in [-0.3, -0.25) is 0 Å². The standard InChI is InChI=1S/C20H15FN2OS/c21-15-8-3-1-6-13(15)20-23-17(14-7-2-4-9-18(14)24-20)12-16(22-23)19-10-5-11-25-19/h1-11,17,20H,12H2/t17-,20-/m0/s1. The Balaban J connectivity index is 1.63. The molecule has 2 aromatic carbocycles. The predicted molar refractivity (Wildman–Crippen MR) is 96.3 cm³/mol. The molecule has 0 saturated heterocycles. The summed E-state index contributed by atoms with van der Waals surface area (Å²) in [6.45, 7) is 0. The molecule has 2 aliphatic rings. The minimum absolute atomic E-state index is 0.0617. The van der Waals surface area contributed by atoms with Crippen molar-refractivity contribution in [2.45, 2.75) is 18.7 Å². The molecule has 0 aliphatic carbocycles. The Bertz CT molecular complexity index is 954. The number of rotatable bonds is 2. The summed E-state index contributed by atoms with van der Waals surface area (Å²) >= 11 is 1.67. The zero-order valence-corrected chi connectivity index (χ0v) is 14.1. The van der Waals surface area contributed by atoms with Crippen LogP contribution in [0.3, 0.4) is 0 Å². The van der Waals surface area contributed by atoms with Gasteiger partial charge in [0, 0.05) is 12.0 Å². The maximum Gasteiger partial charge on any atom is 0.216 e. The highest BCUT2D eigenvalue weighted by Gasteiger charge is 2.41. The molecule has 5 rings (SSSR count). The lowest BCUT2D eigenvalue weighted by atomic mass is 9.97. The normalized spacial score (nSPS) is 21.3. The van der Waals surface area contributed by atoms with Gasteiger partial charge in [0.25, 0.3) is 0 Å². The van der Waals surface area contributed by atoms with Crippen molar-refractivity contribution < 1.29 is 9.13 Å². The quantitative estimate of drug-likeness (QED) is 0.640. The van der Waals surface area contributed by atoms with Crippen LogP contribution < -0.4 is 4.74 Å². The van der Waals surface area contributed by atoms with E-state index in [0.717, 1.165) is 28.3 Å². The van der Waals surface area contributed by atoms with E-state index in [4.69, 9.17) is 9.84 Å². The molecule has 2 atom stereocenters. The number of benzene rings is 2. The van der Waals surface area contributed by atoms with E-state index in [0.29, 0.717) is 5.56 Å². The fourth-order valence-electron chi connectivity index (χ4n) is 3.51. The number of ether oxygens (including phenoxy) is 1. The van der Waals surface area contributed by atoms with Gasteiger partial charge < -0.3 is 4.74 Å². The van der Waals surface area contributed by atoms with Crippen molar-refractivity contribution in [3.05, 3.63) is 87.9 Å². The number of fused-ring (bicyclic) bond motifs is 3. The van der Waals surface area contributed by atoms with Crippen LogP contribution in [-0.4, -0.2) is 10.7 Å². The van der Waals surface area contributed by atoms with Gasteiger partial charge in [-0.05, 0) is 23.6 Å². The van der Waals surface area contributed by atoms with Crippen LogP contribution in [0.25, 0.3) is 0 Å². The van der Waals surface area contributed by atoms with Gasteiger partial charge in [0.15, 0.2) is 0 Å². The van der Waals surface area contributed by atoms with Gasteiger partial charge in [-0.15, -0.1) is 11.3 Å². The highest BCUT2D eigenvalue weighted by molar-refractivity contribution is 7.12. The zero-order chi connectivity index (χ0) is 16.8. The molecule has 0 saturated carbocycles. The average Bonchev–Trinajstić information content (AvgIpc) is 3.31. The molecule has 0 bridgehead atoms. The maximum atomic E-state index is 14.4. The molecule has 1 aromatic heterocycles. The first kappa shape index (κ1) is 14.7. The molecule has 0 radical (unpaired) electrons. The molecular weight excluding hydrogens is 335 g/mol. The van der Waals surface area contributed by atoms with E-state index in [1.54, 1.807) is 23.5 Å². The molecule has 0 amide bonds. The molecule has 5 heteroatoms. The molecule has 3 heterocycles. The summed E-state index contributed by atoms with van der Waals surface area (Å²) in [4.78, 5) is 1.15. The number of halogens is 1. The van der Waals surface area contributed by atoms with E-state index in [9.17, 15) is 4.39 Å². The van der Waals surface area contributed by atoms with Gasteiger partial charge in [0.05, 0.1) is 22.2 Å². The lowest BCUT2D eigenvalue weighted by Gasteiger charge is -2.38. The fourth-order valence-corrected chi connectivity index (χ4v) is 4.23. The van der Waals surface area contributed by atoms with Crippen LogP contribution in [0.15, 0.2) is 71.1 Å². The van der Waals surface area contributed by atoms with Crippen LogP contribution in [-0.2, 0) is 0 Å². The van der Waals surface area contributed by atoms with E-state index in [1.807, 2.05) is 40.7 Å². The van der Waals surface area contributed by atoms with Gasteiger partial charge >= 0.3 is 0 Å². The van der Waals surface area contributed by atoms with Crippen molar-refractivity contribution in [3.63, 3.8) is 0 Å². The lowest BCUT2D eigenvalue weighted by Crippen LogP contribution is -2.34. The minimum Gasteiger partial charge on any atom is -0.464 e. The summed E-state index contributed by atoms with van der Waals surface area (Å²) in [5.74, 6) is 0.532. The van der Waals surface area contributed by atoms with Crippen LogP contribution in [0.1, 0.15) is 34.7 Å². The van der Waals surface area contributed by atoms with Crippen LogP contribution in [0.5, 0.6) is 5.75 Å². The SMILES string of the molecule is Fc1ccccc1[C@@H]1Oc2ccccc2[C@@H]2CC(c3cccs3)=NN21. The van der Waals surface area contributed by atoms with E-state index in [1.165, 1.54) is 6.07 Å². The Hall–Kier alpha value is -2.66. The number of hydrogen-bond acceptors (Lipinski definition) is 4. The van der Waals surface area contributed by atoms with Crippen molar-refractivity contribution in [2.75, 3.05) is 0 Å². The largest absolute Gasteiger partial charge is 0.464 e. The first-order valence-corrected chi connectivity index (χ1v) is 9.09. The summed E-state index contributed by atoms with van der Waals surface area (Å²) in [7, 11) is 0. The Kier molecular flexibility index (Phi) is 3.35. The van der Waals surface area contributed by atoms with Crippen molar-refractivity contribution in [1.82, 2.24) is 5.01 Å². The average molecular weight is 350 g/mol. The van der Waals surface area contributed by atoms with E-state index in [2.05, 4.69) is 12.1 Å². The minimum atomic E-state index is -0.557. The summed E-state index contributed by atoms with van der Waals surface area (Å²) in [5.41, 5.74) is 2.64. The zero-order valence-electron chi connectivity index (χ0n) is 13.3. The highest BCUT2D eigenvalue weighted by atomic mass is 32.1. The Morgan fingerprint density at radius 3 is 2.60 bits per heavy atom. The first-order valence-electron chi connectivity index (χ1n) is 8.21. The van der Waals surface area contributed by atoms with Gasteiger partial charge in [-0.1, -0.05) is 42.5 Å². The van der Waals surface area contributed by atoms with Crippen molar-refractivity contribution in [2.24, 2.45) is 5.10 Å². The van der Waals surface area contributed by atoms with Crippen molar-refractivity contribution in [1.29, 1.82) is 0 Å². The smallest absolute Gasteiger partial charge is 0.216 e. The predicted octanol–water partition coefficient (Wildman–Crippen LogP) is 5.13. The fraction of sp³-hybridized carbons (Fsp3) is 0.150. The monoisotopic (exact) mass is 350 g/mol. The second kappa shape index (κ2) is 5.70.